The molecule has 0 radical (unpaired) electrons. The molecule has 7 heteroatoms. The lowest BCUT2D eigenvalue weighted by Crippen LogP contribution is -2.29. The van der Waals surface area contributed by atoms with Crippen LogP contribution in [0.25, 0.3) is 0 Å². The van der Waals surface area contributed by atoms with E-state index >= 15 is 0 Å². The summed E-state index contributed by atoms with van der Waals surface area (Å²) < 4.78 is 48.0. The van der Waals surface area contributed by atoms with Crippen LogP contribution in [-0.4, -0.2) is 31.8 Å². The van der Waals surface area contributed by atoms with Gasteiger partial charge in [-0.25, -0.2) is 0 Å². The highest BCUT2D eigenvalue weighted by Gasteiger charge is 2.37. The van der Waals surface area contributed by atoms with E-state index in [9.17, 15) is 13.2 Å². The summed E-state index contributed by atoms with van der Waals surface area (Å²) in [5.41, 5.74) is 0.531. The molecule has 108 valence electrons. The minimum atomic E-state index is -4.34. The lowest BCUT2D eigenvalue weighted by molar-refractivity contribution is -0.137. The molecule has 2 heterocycles. The van der Waals surface area contributed by atoms with Crippen LogP contribution < -0.4 is 0 Å². The SMILES string of the molecule is FC(F)(F)c1ccc(C2=NOC3COCOCC23)cc1. The van der Waals surface area contributed by atoms with Crippen molar-refractivity contribution in [3.63, 3.8) is 0 Å². The zero-order valence-electron chi connectivity index (χ0n) is 10.4. The van der Waals surface area contributed by atoms with E-state index < -0.39 is 11.7 Å². The fourth-order valence-corrected chi connectivity index (χ4v) is 2.27. The number of ether oxygens (including phenoxy) is 2. The van der Waals surface area contributed by atoms with E-state index in [1.807, 2.05) is 0 Å². The molecule has 0 bridgehead atoms. The molecule has 4 nitrogen and oxygen atoms in total. The number of hydrogen-bond acceptors (Lipinski definition) is 4. The molecule has 2 unspecified atom stereocenters. The predicted molar refractivity (Wildman–Crippen MR) is 63.1 cm³/mol. The lowest BCUT2D eigenvalue weighted by Gasteiger charge is -2.14. The summed E-state index contributed by atoms with van der Waals surface area (Å²) in [6.07, 6.45) is -4.58. The molecule has 1 fully saturated rings. The van der Waals surface area contributed by atoms with Crippen LogP contribution >= 0.6 is 0 Å². The number of oxime groups is 1. The first-order chi connectivity index (χ1) is 9.55. The maximum atomic E-state index is 12.5. The van der Waals surface area contributed by atoms with Crippen LogP contribution in [0.5, 0.6) is 0 Å². The molecule has 1 aromatic carbocycles. The van der Waals surface area contributed by atoms with E-state index in [0.717, 1.165) is 12.1 Å². The van der Waals surface area contributed by atoms with Gasteiger partial charge in [-0.15, -0.1) is 0 Å². The van der Waals surface area contributed by atoms with E-state index in [2.05, 4.69) is 5.16 Å². The van der Waals surface area contributed by atoms with Crippen LogP contribution in [0.2, 0.25) is 0 Å². The van der Waals surface area contributed by atoms with Crippen molar-refractivity contribution < 1.29 is 27.5 Å². The zero-order valence-corrected chi connectivity index (χ0v) is 10.4. The summed E-state index contributed by atoms with van der Waals surface area (Å²) in [4.78, 5) is 5.26. The van der Waals surface area contributed by atoms with Gasteiger partial charge >= 0.3 is 6.18 Å². The molecule has 2 aliphatic rings. The molecule has 1 saturated heterocycles. The van der Waals surface area contributed by atoms with E-state index in [0.29, 0.717) is 24.5 Å². The van der Waals surface area contributed by atoms with Crippen molar-refractivity contribution in [3.8, 4) is 0 Å². The van der Waals surface area contributed by atoms with Gasteiger partial charge in [0.1, 0.15) is 6.79 Å². The fraction of sp³-hybridized carbons (Fsp3) is 0.462. The Bertz CT molecular complexity index is 513. The highest BCUT2D eigenvalue weighted by molar-refractivity contribution is 6.03. The van der Waals surface area contributed by atoms with E-state index in [1.165, 1.54) is 12.1 Å². The number of halogens is 3. The summed E-state index contributed by atoms with van der Waals surface area (Å²) in [7, 11) is 0. The third-order valence-electron chi connectivity index (χ3n) is 3.34. The van der Waals surface area contributed by atoms with Gasteiger partial charge in [0, 0.05) is 0 Å². The van der Waals surface area contributed by atoms with Crippen molar-refractivity contribution in [1.29, 1.82) is 0 Å². The standard InChI is InChI=1S/C13H12F3NO3/c14-13(15,16)9-3-1-8(2-4-9)12-10-5-18-7-19-6-11(10)20-17-12/h1-4,10-11H,5-7H2. The first kappa shape index (κ1) is 13.4. The topological polar surface area (TPSA) is 40.0 Å². The van der Waals surface area contributed by atoms with Gasteiger partial charge in [0.15, 0.2) is 6.10 Å². The molecule has 0 amide bonds. The van der Waals surface area contributed by atoms with Gasteiger partial charge in [0.25, 0.3) is 0 Å². The van der Waals surface area contributed by atoms with Gasteiger partial charge < -0.3 is 14.3 Å². The number of alkyl halides is 3. The molecule has 0 saturated carbocycles. The molecular weight excluding hydrogens is 275 g/mol. The molecule has 2 aliphatic heterocycles. The molecule has 2 atom stereocenters. The van der Waals surface area contributed by atoms with Crippen molar-refractivity contribution >= 4 is 5.71 Å². The van der Waals surface area contributed by atoms with E-state index in [4.69, 9.17) is 14.3 Å². The molecule has 0 aromatic heterocycles. The number of nitrogens with zero attached hydrogens (tertiary/aromatic N) is 1. The Morgan fingerprint density at radius 1 is 1.05 bits per heavy atom. The first-order valence-corrected chi connectivity index (χ1v) is 6.12. The maximum Gasteiger partial charge on any atom is 0.416 e. The summed E-state index contributed by atoms with van der Waals surface area (Å²) in [5.74, 6) is -0.116. The summed E-state index contributed by atoms with van der Waals surface area (Å²) in [6.45, 7) is 0.930. The van der Waals surface area contributed by atoms with Crippen LogP contribution in [0.1, 0.15) is 11.1 Å². The average molecular weight is 287 g/mol. The normalized spacial score (nSPS) is 26.4. The van der Waals surface area contributed by atoms with Crippen molar-refractivity contribution in [2.24, 2.45) is 11.1 Å². The van der Waals surface area contributed by atoms with Crippen molar-refractivity contribution in [2.75, 3.05) is 20.0 Å². The Hall–Kier alpha value is -1.60. The second-order valence-electron chi connectivity index (χ2n) is 4.66. The van der Waals surface area contributed by atoms with Gasteiger partial charge in [-0.05, 0) is 17.7 Å². The second kappa shape index (κ2) is 5.06. The fourth-order valence-electron chi connectivity index (χ4n) is 2.27. The van der Waals surface area contributed by atoms with Gasteiger partial charge in [-0.3, -0.25) is 0 Å². The van der Waals surface area contributed by atoms with Crippen LogP contribution in [0.15, 0.2) is 29.4 Å². The molecular formula is C13H12F3NO3. The Kier molecular flexibility index (Phi) is 3.39. The van der Waals surface area contributed by atoms with Gasteiger partial charge in [0.05, 0.1) is 30.4 Å². The number of rotatable bonds is 1. The molecule has 0 aliphatic carbocycles. The van der Waals surface area contributed by atoms with Crippen LogP contribution in [0.4, 0.5) is 13.2 Å². The number of fused-ring (bicyclic) bond motifs is 1. The van der Waals surface area contributed by atoms with Gasteiger partial charge in [0.2, 0.25) is 0 Å². The van der Waals surface area contributed by atoms with Crippen molar-refractivity contribution in [2.45, 2.75) is 12.3 Å². The van der Waals surface area contributed by atoms with E-state index in [1.54, 1.807) is 0 Å². The Morgan fingerprint density at radius 2 is 1.75 bits per heavy atom. The quantitative estimate of drug-likeness (QED) is 0.796. The molecule has 20 heavy (non-hydrogen) atoms. The Morgan fingerprint density at radius 3 is 2.45 bits per heavy atom. The number of hydrogen-bond donors (Lipinski definition) is 0. The first-order valence-electron chi connectivity index (χ1n) is 6.12. The molecule has 1 aromatic rings. The third kappa shape index (κ3) is 2.51. The Labute approximate surface area is 113 Å². The molecule has 0 spiro atoms. The summed E-state index contributed by atoms with van der Waals surface area (Å²) in [6, 6.07) is 4.89. The van der Waals surface area contributed by atoms with Gasteiger partial charge in [-0.2, -0.15) is 13.2 Å². The summed E-state index contributed by atoms with van der Waals surface area (Å²) >= 11 is 0. The highest BCUT2D eigenvalue weighted by atomic mass is 19.4. The van der Waals surface area contributed by atoms with Crippen molar-refractivity contribution in [1.82, 2.24) is 0 Å². The maximum absolute atomic E-state index is 12.5. The summed E-state index contributed by atoms with van der Waals surface area (Å²) in [5, 5.41) is 3.96. The molecule has 0 N–H and O–H groups in total. The molecule has 3 rings (SSSR count). The number of benzene rings is 1. The smallest absolute Gasteiger partial charge is 0.389 e. The minimum Gasteiger partial charge on any atom is -0.389 e. The predicted octanol–water partition coefficient (Wildman–Crippen LogP) is 2.43. The average Bonchev–Trinajstić information content (AvgIpc) is 2.67. The monoisotopic (exact) mass is 287 g/mol. The highest BCUT2D eigenvalue weighted by Crippen LogP contribution is 2.31. The van der Waals surface area contributed by atoms with Crippen molar-refractivity contribution in [3.05, 3.63) is 35.4 Å². The third-order valence-corrected chi connectivity index (χ3v) is 3.34. The zero-order chi connectivity index (χ0) is 14.2. The largest absolute Gasteiger partial charge is 0.416 e. The Balaban J connectivity index is 1.82. The van der Waals surface area contributed by atoms with Crippen LogP contribution in [0.3, 0.4) is 0 Å². The minimum absolute atomic E-state index is 0.116. The van der Waals surface area contributed by atoms with E-state index in [-0.39, 0.29) is 18.8 Å². The van der Waals surface area contributed by atoms with Crippen LogP contribution in [0, 0.1) is 5.92 Å². The second-order valence-corrected chi connectivity index (χ2v) is 4.66. The lowest BCUT2D eigenvalue weighted by atomic mass is 9.93. The van der Waals surface area contributed by atoms with Crippen LogP contribution in [-0.2, 0) is 20.5 Å². The van der Waals surface area contributed by atoms with Gasteiger partial charge in [-0.1, -0.05) is 17.3 Å².